The Morgan fingerprint density at radius 2 is 0.955 bits per heavy atom. The average molecular weight is 607 g/mol. The molecule has 0 unspecified atom stereocenters. The molecule has 0 fully saturated rings. The van der Waals surface area contributed by atoms with Crippen molar-refractivity contribution in [2.45, 2.75) is 106 Å². The summed E-state index contributed by atoms with van der Waals surface area (Å²) in [6.45, 7) is 20.5. The molecule has 0 saturated carbocycles. The zero-order chi connectivity index (χ0) is 32.5. The highest BCUT2D eigenvalue weighted by Crippen LogP contribution is 2.26. The molecule has 2 amide bonds. The second-order valence-electron chi connectivity index (χ2n) is 12.7. The molecule has 0 radical (unpaired) electrons. The molecule has 0 N–H and O–H groups in total. The standard InChI is InChI=1S/C38H62N4O2/c1-9-12-26-41(30-36(44)42(25-11-3)38-33(6)22-19-23-34(38)7)28-17-15-13-14-16-27-40(24-10-2)29-35(43)39(8)37-31(4)20-18-21-32(37)5/h18-23H,9-17,24-30H2,1-8H3. The van der Waals surface area contributed by atoms with Crippen LogP contribution in [0.15, 0.2) is 36.4 Å². The van der Waals surface area contributed by atoms with Gasteiger partial charge in [0.2, 0.25) is 11.8 Å². The fourth-order valence-electron chi connectivity index (χ4n) is 6.29. The number of carbonyl (C=O) groups is 2. The van der Waals surface area contributed by atoms with E-state index in [9.17, 15) is 9.59 Å². The van der Waals surface area contributed by atoms with Crippen LogP contribution in [0.25, 0.3) is 0 Å². The molecule has 44 heavy (non-hydrogen) atoms. The summed E-state index contributed by atoms with van der Waals surface area (Å²) < 4.78 is 0. The van der Waals surface area contributed by atoms with E-state index >= 15 is 0 Å². The molecular weight excluding hydrogens is 544 g/mol. The summed E-state index contributed by atoms with van der Waals surface area (Å²) >= 11 is 0. The van der Waals surface area contributed by atoms with Gasteiger partial charge in [-0.3, -0.25) is 19.4 Å². The predicted octanol–water partition coefficient (Wildman–Crippen LogP) is 8.09. The number of unbranched alkanes of at least 4 members (excludes halogenated alkanes) is 5. The number of amides is 2. The van der Waals surface area contributed by atoms with E-state index in [1.165, 1.54) is 30.4 Å². The summed E-state index contributed by atoms with van der Waals surface area (Å²) in [6.07, 6.45) is 10.0. The van der Waals surface area contributed by atoms with Crippen molar-refractivity contribution in [3.05, 3.63) is 58.7 Å². The first-order valence-electron chi connectivity index (χ1n) is 17.3. The molecule has 2 aromatic rings. The molecule has 0 spiro atoms. The minimum Gasteiger partial charge on any atom is -0.314 e. The highest BCUT2D eigenvalue weighted by Gasteiger charge is 2.21. The number of aryl methyl sites for hydroxylation is 4. The number of carbonyl (C=O) groups excluding carboxylic acids is 2. The van der Waals surface area contributed by atoms with Gasteiger partial charge in [-0.25, -0.2) is 0 Å². The van der Waals surface area contributed by atoms with Crippen molar-refractivity contribution in [2.24, 2.45) is 0 Å². The third-order valence-corrected chi connectivity index (χ3v) is 8.64. The van der Waals surface area contributed by atoms with Crippen molar-refractivity contribution >= 4 is 23.2 Å². The molecule has 0 aliphatic rings. The van der Waals surface area contributed by atoms with Crippen molar-refractivity contribution in [3.8, 4) is 0 Å². The van der Waals surface area contributed by atoms with Gasteiger partial charge in [0.05, 0.1) is 13.1 Å². The molecular formula is C38H62N4O2. The average Bonchev–Trinajstić information content (AvgIpc) is 2.98. The third kappa shape index (κ3) is 12.0. The van der Waals surface area contributed by atoms with E-state index in [0.717, 1.165) is 93.8 Å². The largest absolute Gasteiger partial charge is 0.314 e. The van der Waals surface area contributed by atoms with Gasteiger partial charge in [0.15, 0.2) is 0 Å². The lowest BCUT2D eigenvalue weighted by Gasteiger charge is -2.29. The zero-order valence-corrected chi connectivity index (χ0v) is 29.4. The van der Waals surface area contributed by atoms with Crippen molar-refractivity contribution in [3.63, 3.8) is 0 Å². The summed E-state index contributed by atoms with van der Waals surface area (Å²) in [5.74, 6) is 0.377. The number of rotatable bonds is 21. The Hall–Kier alpha value is -2.70. The van der Waals surface area contributed by atoms with E-state index in [0.29, 0.717) is 13.1 Å². The van der Waals surface area contributed by atoms with E-state index < -0.39 is 0 Å². The number of hydrogen-bond acceptors (Lipinski definition) is 4. The molecule has 2 aromatic carbocycles. The molecule has 0 aliphatic heterocycles. The number of benzene rings is 2. The Morgan fingerprint density at radius 3 is 1.45 bits per heavy atom. The molecule has 2 rings (SSSR count). The first-order valence-corrected chi connectivity index (χ1v) is 17.3. The third-order valence-electron chi connectivity index (χ3n) is 8.64. The first kappa shape index (κ1) is 37.5. The highest BCUT2D eigenvalue weighted by molar-refractivity contribution is 5.96. The van der Waals surface area contributed by atoms with Gasteiger partial charge in [0, 0.05) is 25.0 Å². The van der Waals surface area contributed by atoms with Gasteiger partial charge in [-0.15, -0.1) is 0 Å². The van der Waals surface area contributed by atoms with Gasteiger partial charge in [0.25, 0.3) is 0 Å². The van der Waals surface area contributed by atoms with Crippen molar-refractivity contribution in [1.29, 1.82) is 0 Å². The van der Waals surface area contributed by atoms with Crippen LogP contribution < -0.4 is 9.80 Å². The van der Waals surface area contributed by atoms with E-state index in [1.54, 1.807) is 0 Å². The van der Waals surface area contributed by atoms with Crippen LogP contribution in [0.2, 0.25) is 0 Å². The van der Waals surface area contributed by atoms with Gasteiger partial charge >= 0.3 is 0 Å². The molecule has 246 valence electrons. The number of para-hydroxylation sites is 2. The summed E-state index contributed by atoms with van der Waals surface area (Å²) in [7, 11) is 1.91. The Kier molecular flexibility index (Phi) is 17.3. The summed E-state index contributed by atoms with van der Waals surface area (Å²) in [4.78, 5) is 35.3. The fraction of sp³-hybridized carbons (Fsp3) is 0.632. The Bertz CT molecular complexity index is 1110. The Morgan fingerprint density at radius 1 is 0.523 bits per heavy atom. The van der Waals surface area contributed by atoms with Crippen LogP contribution in [-0.4, -0.2) is 74.5 Å². The maximum atomic E-state index is 13.6. The van der Waals surface area contributed by atoms with Crippen LogP contribution in [0.3, 0.4) is 0 Å². The van der Waals surface area contributed by atoms with Crippen molar-refractivity contribution < 1.29 is 9.59 Å². The monoisotopic (exact) mass is 606 g/mol. The van der Waals surface area contributed by atoms with E-state index in [2.05, 4.69) is 88.6 Å². The van der Waals surface area contributed by atoms with E-state index in [1.807, 2.05) is 22.9 Å². The molecule has 0 aromatic heterocycles. The molecule has 0 saturated heterocycles. The minimum atomic E-state index is 0.160. The number of anilines is 2. The maximum absolute atomic E-state index is 13.6. The van der Waals surface area contributed by atoms with Crippen molar-refractivity contribution in [2.75, 3.05) is 62.7 Å². The van der Waals surface area contributed by atoms with Crippen LogP contribution in [-0.2, 0) is 9.59 Å². The molecule has 0 atom stereocenters. The fourth-order valence-corrected chi connectivity index (χ4v) is 6.29. The lowest BCUT2D eigenvalue weighted by Crippen LogP contribution is -2.42. The summed E-state index contributed by atoms with van der Waals surface area (Å²) in [6, 6.07) is 12.5. The van der Waals surface area contributed by atoms with Gasteiger partial charge in [-0.1, -0.05) is 82.9 Å². The topological polar surface area (TPSA) is 47.1 Å². The van der Waals surface area contributed by atoms with Gasteiger partial charge < -0.3 is 9.80 Å². The first-order chi connectivity index (χ1) is 21.1. The SMILES string of the molecule is CCCCN(CCCCCCCN(CCC)CC(=O)N(C)c1c(C)cccc1C)CC(=O)N(CCC)c1c(C)cccc1C. The summed E-state index contributed by atoms with van der Waals surface area (Å²) in [5.41, 5.74) is 6.74. The minimum absolute atomic E-state index is 0.160. The quantitative estimate of drug-likeness (QED) is 0.135. The zero-order valence-electron chi connectivity index (χ0n) is 29.4. The van der Waals surface area contributed by atoms with Crippen LogP contribution in [0, 0.1) is 27.7 Å². The lowest BCUT2D eigenvalue weighted by atomic mass is 10.1. The van der Waals surface area contributed by atoms with Crippen molar-refractivity contribution in [1.82, 2.24) is 9.80 Å². The molecule has 0 bridgehead atoms. The Balaban J connectivity index is 1.82. The smallest absolute Gasteiger partial charge is 0.241 e. The summed E-state index contributed by atoms with van der Waals surface area (Å²) in [5, 5.41) is 0. The van der Waals surface area contributed by atoms with Gasteiger partial charge in [-0.2, -0.15) is 0 Å². The maximum Gasteiger partial charge on any atom is 0.241 e. The number of likely N-dealkylation sites (N-methyl/N-ethyl adjacent to an activating group) is 1. The molecule has 0 aliphatic carbocycles. The van der Waals surface area contributed by atoms with E-state index in [-0.39, 0.29) is 11.8 Å². The lowest BCUT2D eigenvalue weighted by molar-refractivity contribution is -0.120. The molecule has 6 nitrogen and oxygen atoms in total. The van der Waals surface area contributed by atoms with Gasteiger partial charge in [-0.05, 0) is 108 Å². The second-order valence-corrected chi connectivity index (χ2v) is 12.7. The van der Waals surface area contributed by atoms with Crippen LogP contribution >= 0.6 is 0 Å². The second kappa shape index (κ2) is 20.4. The highest BCUT2D eigenvalue weighted by atomic mass is 16.2. The van der Waals surface area contributed by atoms with Crippen LogP contribution in [0.1, 0.15) is 101 Å². The van der Waals surface area contributed by atoms with Gasteiger partial charge in [0.1, 0.15) is 0 Å². The molecule has 0 heterocycles. The molecule has 6 heteroatoms. The van der Waals surface area contributed by atoms with Crippen LogP contribution in [0.4, 0.5) is 11.4 Å². The van der Waals surface area contributed by atoms with E-state index in [4.69, 9.17) is 0 Å². The number of hydrogen-bond donors (Lipinski definition) is 0. The Labute approximate surface area is 269 Å². The normalized spacial score (nSPS) is 11.4. The van der Waals surface area contributed by atoms with Crippen LogP contribution in [0.5, 0.6) is 0 Å². The number of nitrogens with zero attached hydrogens (tertiary/aromatic N) is 4. The predicted molar refractivity (Wildman–Crippen MR) is 189 cm³/mol.